The average molecular weight is 446 g/mol. The van der Waals surface area contributed by atoms with Crippen LogP contribution in [0.15, 0.2) is 54.1 Å². The molecular weight excluding hydrogens is 421 g/mol. The number of esters is 2. The number of halogens is 3. The monoisotopic (exact) mass is 446 g/mol. The van der Waals surface area contributed by atoms with Gasteiger partial charge in [-0.05, 0) is 37.5 Å². The van der Waals surface area contributed by atoms with E-state index in [4.69, 9.17) is 9.47 Å². The van der Waals surface area contributed by atoms with E-state index in [1.165, 1.54) is 18.2 Å². The molecule has 1 aromatic rings. The molecule has 32 heavy (non-hydrogen) atoms. The zero-order chi connectivity index (χ0) is 23.3. The van der Waals surface area contributed by atoms with Crippen molar-refractivity contribution >= 4 is 18.0 Å². The molecule has 7 heteroatoms. The molecule has 5 atom stereocenters. The van der Waals surface area contributed by atoms with Crippen molar-refractivity contribution in [1.82, 2.24) is 0 Å². The van der Waals surface area contributed by atoms with Gasteiger partial charge in [0.1, 0.15) is 12.2 Å². The lowest BCUT2D eigenvalue weighted by Crippen LogP contribution is -2.53. The molecule has 4 nitrogen and oxygen atoms in total. The fraction of sp³-hybridized carbons (Fsp3) is 0.440. The van der Waals surface area contributed by atoms with Gasteiger partial charge in [0, 0.05) is 35.3 Å². The summed E-state index contributed by atoms with van der Waals surface area (Å²) in [6, 6.07) is 5.06. The first-order valence-corrected chi connectivity index (χ1v) is 10.6. The Bertz CT molecular complexity index is 1020. The maximum atomic E-state index is 13.2. The Kier molecular flexibility index (Phi) is 5.55. The molecule has 0 unspecified atom stereocenters. The standard InChI is InChI=1S/C25H25F3O4/c1-14-8-10-19(24(3)13-12-17-15(2)23(30)32-22(17)21(14)24)31-20(29)11-9-16-6-4-5-7-18(16)25(26,27)28/h4-9,11,17,19,21-22H,2,10,12-13H2,1,3H3/b11-9+/t17-,19+,21+,22-,24-/m0/s1. The number of carbonyl (C=O) groups excluding carboxylic acids is 2. The highest BCUT2D eigenvalue weighted by molar-refractivity contribution is 5.91. The average Bonchev–Trinajstić information content (AvgIpc) is 3.01. The van der Waals surface area contributed by atoms with Crippen molar-refractivity contribution in [2.24, 2.45) is 17.3 Å². The number of alkyl halides is 3. The molecule has 1 saturated carbocycles. The van der Waals surface area contributed by atoms with Gasteiger partial charge in [0.25, 0.3) is 0 Å². The van der Waals surface area contributed by atoms with E-state index in [0.29, 0.717) is 18.4 Å². The number of fused-ring (bicyclic) bond motifs is 3. The molecule has 0 radical (unpaired) electrons. The Labute approximate surface area is 184 Å². The summed E-state index contributed by atoms with van der Waals surface area (Å²) in [6.07, 6.45) is 0.773. The molecule has 2 aliphatic carbocycles. The van der Waals surface area contributed by atoms with Crippen molar-refractivity contribution in [3.8, 4) is 0 Å². The van der Waals surface area contributed by atoms with Gasteiger partial charge >= 0.3 is 18.1 Å². The van der Waals surface area contributed by atoms with Crippen LogP contribution < -0.4 is 0 Å². The summed E-state index contributed by atoms with van der Waals surface area (Å²) in [4.78, 5) is 24.7. The Morgan fingerprint density at radius 1 is 1.31 bits per heavy atom. The summed E-state index contributed by atoms with van der Waals surface area (Å²) in [5, 5.41) is 0. The highest BCUT2D eigenvalue weighted by Gasteiger charge is 2.58. The van der Waals surface area contributed by atoms with Crippen LogP contribution in [0.4, 0.5) is 13.2 Å². The van der Waals surface area contributed by atoms with Crippen LogP contribution in [0.3, 0.4) is 0 Å². The smallest absolute Gasteiger partial charge is 0.416 e. The van der Waals surface area contributed by atoms with Gasteiger partial charge in [-0.1, -0.05) is 43.4 Å². The summed E-state index contributed by atoms with van der Waals surface area (Å²) in [5.41, 5.74) is 0.228. The molecule has 0 N–H and O–H groups in total. The van der Waals surface area contributed by atoms with E-state index in [9.17, 15) is 22.8 Å². The SMILES string of the molecule is C=C1C(=O)O[C@@H]2[C@H]3C(C)=CC[C@@H](OC(=O)/C=C/c4ccccc4C(F)(F)F)[C@]3(C)CC[C@@H]12. The Hall–Kier alpha value is -2.83. The van der Waals surface area contributed by atoms with Crippen molar-refractivity contribution in [1.29, 1.82) is 0 Å². The molecule has 0 aromatic heterocycles. The van der Waals surface area contributed by atoms with Crippen LogP contribution in [0.25, 0.3) is 6.08 Å². The van der Waals surface area contributed by atoms with Crippen molar-refractivity contribution in [2.75, 3.05) is 0 Å². The maximum absolute atomic E-state index is 13.2. The zero-order valence-electron chi connectivity index (χ0n) is 17.9. The molecule has 2 fully saturated rings. The number of rotatable bonds is 3. The predicted molar refractivity (Wildman–Crippen MR) is 112 cm³/mol. The van der Waals surface area contributed by atoms with Gasteiger partial charge in [0.15, 0.2) is 0 Å². The van der Waals surface area contributed by atoms with Gasteiger partial charge in [-0.25, -0.2) is 9.59 Å². The van der Waals surface area contributed by atoms with Crippen LogP contribution >= 0.6 is 0 Å². The van der Waals surface area contributed by atoms with Crippen molar-refractivity contribution in [3.05, 3.63) is 65.3 Å². The van der Waals surface area contributed by atoms with E-state index in [-0.39, 0.29) is 29.5 Å². The molecule has 3 aliphatic rings. The van der Waals surface area contributed by atoms with E-state index in [1.807, 2.05) is 19.9 Å². The number of benzene rings is 1. The number of ether oxygens (including phenoxy) is 2. The summed E-state index contributed by atoms with van der Waals surface area (Å²) < 4.78 is 50.9. The highest BCUT2D eigenvalue weighted by Crippen LogP contribution is 2.56. The first-order valence-electron chi connectivity index (χ1n) is 10.6. The Morgan fingerprint density at radius 2 is 2.03 bits per heavy atom. The third kappa shape index (κ3) is 3.78. The number of hydrogen-bond acceptors (Lipinski definition) is 4. The van der Waals surface area contributed by atoms with Crippen LogP contribution in [0.1, 0.15) is 44.2 Å². The van der Waals surface area contributed by atoms with E-state index < -0.39 is 29.2 Å². The zero-order valence-corrected chi connectivity index (χ0v) is 17.9. The van der Waals surface area contributed by atoms with E-state index >= 15 is 0 Å². The van der Waals surface area contributed by atoms with Crippen LogP contribution in [0.2, 0.25) is 0 Å². The summed E-state index contributed by atoms with van der Waals surface area (Å²) in [5.74, 6) is -1.22. The van der Waals surface area contributed by atoms with E-state index in [2.05, 4.69) is 6.58 Å². The molecule has 0 bridgehead atoms. The molecular formula is C25H25F3O4. The van der Waals surface area contributed by atoms with Crippen molar-refractivity contribution in [2.45, 2.75) is 51.5 Å². The second-order valence-electron chi connectivity index (χ2n) is 9.05. The topological polar surface area (TPSA) is 52.6 Å². The van der Waals surface area contributed by atoms with Gasteiger partial charge < -0.3 is 9.47 Å². The quantitative estimate of drug-likeness (QED) is 0.350. The van der Waals surface area contributed by atoms with E-state index in [1.54, 1.807) is 0 Å². The van der Waals surface area contributed by atoms with Gasteiger partial charge in [-0.15, -0.1) is 0 Å². The molecule has 4 rings (SSSR count). The normalized spacial score (nSPS) is 32.2. The van der Waals surface area contributed by atoms with Crippen LogP contribution in [-0.4, -0.2) is 24.1 Å². The minimum atomic E-state index is -4.52. The third-order valence-corrected chi connectivity index (χ3v) is 7.19. The highest BCUT2D eigenvalue weighted by atomic mass is 19.4. The molecule has 1 aromatic carbocycles. The Morgan fingerprint density at radius 3 is 2.75 bits per heavy atom. The van der Waals surface area contributed by atoms with Crippen LogP contribution in [0, 0.1) is 17.3 Å². The van der Waals surface area contributed by atoms with Gasteiger partial charge in [-0.3, -0.25) is 0 Å². The van der Waals surface area contributed by atoms with Crippen molar-refractivity contribution < 1.29 is 32.2 Å². The van der Waals surface area contributed by atoms with Gasteiger partial charge in [0.05, 0.1) is 5.56 Å². The minimum absolute atomic E-state index is 0.0443. The third-order valence-electron chi connectivity index (χ3n) is 7.19. The largest absolute Gasteiger partial charge is 0.458 e. The minimum Gasteiger partial charge on any atom is -0.458 e. The maximum Gasteiger partial charge on any atom is 0.416 e. The lowest BCUT2D eigenvalue weighted by Gasteiger charge is -2.52. The first-order chi connectivity index (χ1) is 15.0. The number of hydrogen-bond donors (Lipinski definition) is 0. The first kappa shape index (κ1) is 22.4. The number of carbonyl (C=O) groups is 2. The second-order valence-corrected chi connectivity index (χ2v) is 9.05. The second kappa shape index (κ2) is 7.94. The van der Waals surface area contributed by atoms with Crippen LogP contribution in [-0.2, 0) is 25.2 Å². The van der Waals surface area contributed by atoms with E-state index in [0.717, 1.165) is 30.2 Å². The lowest BCUT2D eigenvalue weighted by molar-refractivity contribution is -0.165. The fourth-order valence-electron chi connectivity index (χ4n) is 5.52. The lowest BCUT2D eigenvalue weighted by atomic mass is 9.55. The summed E-state index contributed by atoms with van der Waals surface area (Å²) >= 11 is 0. The molecule has 0 amide bonds. The summed E-state index contributed by atoms with van der Waals surface area (Å²) in [7, 11) is 0. The molecule has 1 heterocycles. The molecule has 1 saturated heterocycles. The Balaban J connectivity index is 1.53. The fourth-order valence-corrected chi connectivity index (χ4v) is 5.52. The molecule has 1 aliphatic heterocycles. The van der Waals surface area contributed by atoms with Crippen molar-refractivity contribution in [3.63, 3.8) is 0 Å². The summed E-state index contributed by atoms with van der Waals surface area (Å²) in [6.45, 7) is 7.90. The molecule has 0 spiro atoms. The predicted octanol–water partition coefficient (Wildman–Crippen LogP) is 5.49. The molecule has 170 valence electrons. The van der Waals surface area contributed by atoms with Crippen LogP contribution in [0.5, 0.6) is 0 Å². The van der Waals surface area contributed by atoms with Gasteiger partial charge in [0.2, 0.25) is 0 Å². The van der Waals surface area contributed by atoms with Gasteiger partial charge in [-0.2, -0.15) is 13.2 Å².